The molecule has 0 bridgehead atoms. The van der Waals surface area contributed by atoms with E-state index < -0.39 is 0 Å². The van der Waals surface area contributed by atoms with E-state index in [9.17, 15) is 0 Å². The quantitative estimate of drug-likeness (QED) is 0.889. The maximum absolute atomic E-state index is 6.08. The molecule has 20 heavy (non-hydrogen) atoms. The fraction of sp³-hybridized carbons (Fsp3) is 0.750. The van der Waals surface area contributed by atoms with Crippen molar-refractivity contribution in [2.24, 2.45) is 11.8 Å². The molecule has 4 nitrogen and oxygen atoms in total. The summed E-state index contributed by atoms with van der Waals surface area (Å²) < 4.78 is 6.08. The molecule has 1 aromatic rings. The van der Waals surface area contributed by atoms with Gasteiger partial charge < -0.3 is 10.1 Å². The predicted octanol–water partition coefficient (Wildman–Crippen LogP) is 3.81. The first-order chi connectivity index (χ1) is 9.58. The molecule has 0 saturated heterocycles. The van der Waals surface area contributed by atoms with Gasteiger partial charge in [0.2, 0.25) is 11.8 Å². The first-order valence-corrected chi connectivity index (χ1v) is 7.84. The van der Waals surface area contributed by atoms with Gasteiger partial charge in [0.25, 0.3) is 0 Å². The normalized spacial score (nSPS) is 26.3. The molecule has 1 heterocycles. The van der Waals surface area contributed by atoms with Gasteiger partial charge in [0.15, 0.2) is 0 Å². The van der Waals surface area contributed by atoms with Crippen LogP contribution in [0.4, 0.5) is 5.95 Å². The van der Waals surface area contributed by atoms with Crippen LogP contribution in [0, 0.1) is 18.8 Å². The Kier molecular flexibility index (Phi) is 5.21. The van der Waals surface area contributed by atoms with Gasteiger partial charge in [-0.15, -0.1) is 0 Å². The van der Waals surface area contributed by atoms with Crippen LogP contribution in [0.2, 0.25) is 0 Å². The number of nitrogens with zero attached hydrogens (tertiary/aromatic N) is 2. The lowest BCUT2D eigenvalue weighted by atomic mass is 9.80. The van der Waals surface area contributed by atoms with Gasteiger partial charge >= 0.3 is 0 Å². The maximum atomic E-state index is 6.08. The Morgan fingerprint density at radius 3 is 2.75 bits per heavy atom. The molecule has 0 aromatic carbocycles. The standard InChI is InChI=1S/C16H27N3O/c1-5-8-17-16-18-13(4)10-15(19-16)20-14-7-6-11(2)12(3)9-14/h10-12,14H,5-9H2,1-4H3,(H,17,18,19). The first-order valence-electron chi connectivity index (χ1n) is 7.84. The molecule has 1 aliphatic carbocycles. The lowest BCUT2D eigenvalue weighted by Gasteiger charge is -2.31. The van der Waals surface area contributed by atoms with Gasteiger partial charge in [0.1, 0.15) is 6.10 Å². The molecule has 3 unspecified atom stereocenters. The number of aromatic nitrogens is 2. The fourth-order valence-electron chi connectivity index (χ4n) is 2.69. The molecular formula is C16H27N3O. The number of nitrogens with one attached hydrogen (secondary N) is 1. The van der Waals surface area contributed by atoms with Gasteiger partial charge in [-0.2, -0.15) is 4.98 Å². The van der Waals surface area contributed by atoms with E-state index in [4.69, 9.17) is 4.74 Å². The minimum absolute atomic E-state index is 0.300. The van der Waals surface area contributed by atoms with Crippen molar-refractivity contribution in [3.63, 3.8) is 0 Å². The average molecular weight is 277 g/mol. The van der Waals surface area contributed by atoms with E-state index in [0.29, 0.717) is 17.9 Å². The van der Waals surface area contributed by atoms with Crippen molar-refractivity contribution in [2.75, 3.05) is 11.9 Å². The lowest BCUT2D eigenvalue weighted by Crippen LogP contribution is -2.29. The zero-order valence-electron chi connectivity index (χ0n) is 13.1. The average Bonchev–Trinajstić information content (AvgIpc) is 2.40. The molecule has 0 aliphatic heterocycles. The number of hydrogen-bond acceptors (Lipinski definition) is 4. The van der Waals surface area contributed by atoms with Gasteiger partial charge in [0.05, 0.1) is 0 Å². The van der Waals surface area contributed by atoms with Crippen LogP contribution in [0.5, 0.6) is 5.88 Å². The van der Waals surface area contributed by atoms with Crippen molar-refractivity contribution in [3.8, 4) is 5.88 Å². The van der Waals surface area contributed by atoms with E-state index in [0.717, 1.165) is 43.3 Å². The molecule has 4 heteroatoms. The van der Waals surface area contributed by atoms with Crippen molar-refractivity contribution in [3.05, 3.63) is 11.8 Å². The third-order valence-electron chi connectivity index (χ3n) is 4.20. The second-order valence-electron chi connectivity index (χ2n) is 6.11. The van der Waals surface area contributed by atoms with E-state index in [1.54, 1.807) is 0 Å². The zero-order chi connectivity index (χ0) is 14.5. The molecule has 1 aliphatic rings. The number of rotatable bonds is 5. The smallest absolute Gasteiger partial charge is 0.226 e. The number of ether oxygens (including phenoxy) is 1. The number of anilines is 1. The summed E-state index contributed by atoms with van der Waals surface area (Å²) in [6.07, 6.45) is 4.87. The summed E-state index contributed by atoms with van der Waals surface area (Å²) in [4.78, 5) is 8.85. The SMILES string of the molecule is CCCNc1nc(C)cc(OC2CCC(C)C(C)C2)n1. The summed E-state index contributed by atoms with van der Waals surface area (Å²) in [6.45, 7) is 9.66. The highest BCUT2D eigenvalue weighted by Crippen LogP contribution is 2.31. The Morgan fingerprint density at radius 1 is 1.25 bits per heavy atom. The van der Waals surface area contributed by atoms with Crippen LogP contribution in [0.3, 0.4) is 0 Å². The molecule has 1 saturated carbocycles. The van der Waals surface area contributed by atoms with Crippen LogP contribution in [0.15, 0.2) is 6.07 Å². The van der Waals surface area contributed by atoms with E-state index in [1.165, 1.54) is 6.42 Å². The number of hydrogen-bond donors (Lipinski definition) is 1. The molecule has 0 spiro atoms. The third kappa shape index (κ3) is 4.09. The largest absolute Gasteiger partial charge is 0.474 e. The summed E-state index contributed by atoms with van der Waals surface area (Å²) >= 11 is 0. The highest BCUT2D eigenvalue weighted by atomic mass is 16.5. The van der Waals surface area contributed by atoms with Gasteiger partial charge in [-0.05, 0) is 44.4 Å². The summed E-state index contributed by atoms with van der Waals surface area (Å²) in [5.74, 6) is 2.93. The van der Waals surface area contributed by atoms with E-state index in [2.05, 4.69) is 36.1 Å². The summed E-state index contributed by atoms with van der Waals surface area (Å²) in [5, 5.41) is 3.23. The van der Waals surface area contributed by atoms with Crippen molar-refractivity contribution in [2.45, 2.75) is 59.5 Å². The second-order valence-corrected chi connectivity index (χ2v) is 6.11. The fourth-order valence-corrected chi connectivity index (χ4v) is 2.69. The monoisotopic (exact) mass is 277 g/mol. The predicted molar refractivity (Wildman–Crippen MR) is 82.1 cm³/mol. The van der Waals surface area contributed by atoms with Crippen LogP contribution in [-0.2, 0) is 0 Å². The Balaban J connectivity index is 1.99. The summed E-state index contributed by atoms with van der Waals surface area (Å²) in [5.41, 5.74) is 0.950. The van der Waals surface area contributed by atoms with E-state index in [-0.39, 0.29) is 0 Å². The molecule has 1 fully saturated rings. The third-order valence-corrected chi connectivity index (χ3v) is 4.20. The highest BCUT2D eigenvalue weighted by Gasteiger charge is 2.26. The summed E-state index contributed by atoms with van der Waals surface area (Å²) in [7, 11) is 0. The minimum atomic E-state index is 0.300. The Labute approximate surface area is 122 Å². The Bertz CT molecular complexity index is 436. The molecule has 112 valence electrons. The minimum Gasteiger partial charge on any atom is -0.474 e. The summed E-state index contributed by atoms with van der Waals surface area (Å²) in [6, 6.07) is 1.93. The van der Waals surface area contributed by atoms with Crippen molar-refractivity contribution in [1.29, 1.82) is 0 Å². The van der Waals surface area contributed by atoms with E-state index >= 15 is 0 Å². The van der Waals surface area contributed by atoms with Crippen molar-refractivity contribution in [1.82, 2.24) is 9.97 Å². The molecule has 3 atom stereocenters. The van der Waals surface area contributed by atoms with Crippen LogP contribution in [0.25, 0.3) is 0 Å². The highest BCUT2D eigenvalue weighted by molar-refractivity contribution is 5.30. The first kappa shape index (κ1) is 15.1. The molecule has 1 aromatic heterocycles. The van der Waals surface area contributed by atoms with Crippen molar-refractivity contribution >= 4 is 5.95 Å². The van der Waals surface area contributed by atoms with Crippen LogP contribution >= 0.6 is 0 Å². The molecule has 0 radical (unpaired) electrons. The van der Waals surface area contributed by atoms with Gasteiger partial charge in [-0.1, -0.05) is 20.8 Å². The molecule has 0 amide bonds. The van der Waals surface area contributed by atoms with Crippen LogP contribution < -0.4 is 10.1 Å². The van der Waals surface area contributed by atoms with Gasteiger partial charge in [0, 0.05) is 18.3 Å². The number of aryl methyl sites for hydroxylation is 1. The maximum Gasteiger partial charge on any atom is 0.226 e. The Morgan fingerprint density at radius 2 is 2.05 bits per heavy atom. The molecule has 2 rings (SSSR count). The Hall–Kier alpha value is -1.32. The van der Waals surface area contributed by atoms with Gasteiger partial charge in [-0.3, -0.25) is 0 Å². The topological polar surface area (TPSA) is 47.0 Å². The van der Waals surface area contributed by atoms with Crippen molar-refractivity contribution < 1.29 is 4.74 Å². The van der Waals surface area contributed by atoms with Crippen LogP contribution in [0.1, 0.15) is 52.1 Å². The van der Waals surface area contributed by atoms with Crippen LogP contribution in [-0.4, -0.2) is 22.6 Å². The van der Waals surface area contributed by atoms with Gasteiger partial charge in [-0.25, -0.2) is 4.98 Å². The molecular weight excluding hydrogens is 250 g/mol. The lowest BCUT2D eigenvalue weighted by molar-refractivity contribution is 0.0964. The van der Waals surface area contributed by atoms with E-state index in [1.807, 2.05) is 13.0 Å². The second kappa shape index (κ2) is 6.91. The molecule has 1 N–H and O–H groups in total. The zero-order valence-corrected chi connectivity index (χ0v) is 13.1.